The molecule has 0 aliphatic carbocycles. The van der Waals surface area contributed by atoms with Crippen molar-refractivity contribution in [3.63, 3.8) is 0 Å². The Bertz CT molecular complexity index is 970. The summed E-state index contributed by atoms with van der Waals surface area (Å²) in [6, 6.07) is 7.93. The normalized spacial score (nSPS) is 12.6. The molecule has 0 heterocycles. The molecular weight excluding hydrogens is 424 g/mol. The van der Waals surface area contributed by atoms with Crippen molar-refractivity contribution in [3.05, 3.63) is 46.5 Å². The Morgan fingerprint density at radius 1 is 0.647 bits per heavy atom. The van der Waals surface area contributed by atoms with Gasteiger partial charge in [-0.25, -0.2) is 0 Å². The van der Waals surface area contributed by atoms with Gasteiger partial charge in [-0.15, -0.1) is 0 Å². The zero-order chi connectivity index (χ0) is 25.8. The molecule has 186 valence electrons. The fraction of sp³-hybridized carbons (Fsp3) is 0.500. The van der Waals surface area contributed by atoms with Gasteiger partial charge in [0.1, 0.15) is 11.5 Å². The van der Waals surface area contributed by atoms with Gasteiger partial charge in [0.25, 0.3) is 0 Å². The SMILES string of the molecule is CN(C)c1cc(C=NCCN=Cc2cc(N(C)C)cc(C(C)(C)C)c2O)c(O)c(C(C)(C)C)c1. The molecule has 0 fully saturated rings. The molecular formula is C28H42N4O2. The number of aromatic hydroxyl groups is 2. The number of rotatable bonds is 7. The molecule has 0 amide bonds. The second-order valence-electron chi connectivity index (χ2n) is 11.2. The van der Waals surface area contributed by atoms with Gasteiger partial charge in [0.2, 0.25) is 0 Å². The minimum absolute atomic E-state index is 0.183. The highest BCUT2D eigenvalue weighted by Crippen LogP contribution is 2.37. The van der Waals surface area contributed by atoms with Crippen molar-refractivity contribution in [3.8, 4) is 11.5 Å². The lowest BCUT2D eigenvalue weighted by atomic mass is 9.84. The summed E-state index contributed by atoms with van der Waals surface area (Å²) in [5.41, 5.74) is 4.86. The first-order valence-corrected chi connectivity index (χ1v) is 11.7. The van der Waals surface area contributed by atoms with Crippen molar-refractivity contribution in [1.82, 2.24) is 0 Å². The summed E-state index contributed by atoms with van der Waals surface area (Å²) < 4.78 is 0. The fourth-order valence-electron chi connectivity index (χ4n) is 3.58. The van der Waals surface area contributed by atoms with E-state index in [1.807, 2.05) is 62.3 Å². The standard InChI is InChI=1S/C28H42N4O2/c1-27(2,3)23-15-21(31(7)8)13-19(25(23)33)17-29-11-12-30-18-20-14-22(32(9)10)16-24(26(20)34)28(4,5)6/h13-18,33-34H,11-12H2,1-10H3. The summed E-state index contributed by atoms with van der Waals surface area (Å²) in [5.74, 6) is 0.538. The van der Waals surface area contributed by atoms with Gasteiger partial charge in [0, 0.05) is 74.2 Å². The first-order chi connectivity index (χ1) is 15.6. The van der Waals surface area contributed by atoms with Gasteiger partial charge >= 0.3 is 0 Å². The number of phenolic OH excluding ortho intramolecular Hbond substituents is 2. The molecule has 0 atom stereocenters. The van der Waals surface area contributed by atoms with Crippen LogP contribution in [0.2, 0.25) is 0 Å². The lowest BCUT2D eigenvalue weighted by Crippen LogP contribution is -2.15. The van der Waals surface area contributed by atoms with Gasteiger partial charge in [0.15, 0.2) is 0 Å². The molecule has 0 spiro atoms. The maximum atomic E-state index is 10.8. The van der Waals surface area contributed by atoms with Crippen LogP contribution in [0, 0.1) is 0 Å². The lowest BCUT2D eigenvalue weighted by Gasteiger charge is -2.24. The second kappa shape index (κ2) is 10.5. The quantitative estimate of drug-likeness (QED) is 0.425. The minimum Gasteiger partial charge on any atom is -0.507 e. The summed E-state index contributed by atoms with van der Waals surface area (Å²) in [6.07, 6.45) is 3.43. The van der Waals surface area contributed by atoms with E-state index in [-0.39, 0.29) is 22.3 Å². The van der Waals surface area contributed by atoms with E-state index in [1.165, 1.54) is 0 Å². The average Bonchev–Trinajstić information content (AvgIpc) is 2.70. The maximum Gasteiger partial charge on any atom is 0.128 e. The number of nitrogens with zero attached hydrogens (tertiary/aromatic N) is 4. The van der Waals surface area contributed by atoms with Gasteiger partial charge in [-0.1, -0.05) is 41.5 Å². The van der Waals surface area contributed by atoms with Crippen molar-refractivity contribution in [2.45, 2.75) is 52.4 Å². The maximum absolute atomic E-state index is 10.8. The molecule has 2 aromatic rings. The number of aliphatic imine (C=N–C) groups is 2. The van der Waals surface area contributed by atoms with Crippen molar-refractivity contribution >= 4 is 23.8 Å². The third-order valence-electron chi connectivity index (χ3n) is 5.72. The van der Waals surface area contributed by atoms with Crippen LogP contribution < -0.4 is 9.80 Å². The zero-order valence-corrected chi connectivity index (χ0v) is 22.6. The van der Waals surface area contributed by atoms with Crippen LogP contribution in [0.3, 0.4) is 0 Å². The molecule has 2 N–H and O–H groups in total. The molecule has 2 rings (SSSR count). The van der Waals surface area contributed by atoms with Crippen LogP contribution in [0.4, 0.5) is 11.4 Å². The number of hydrogen-bond acceptors (Lipinski definition) is 6. The van der Waals surface area contributed by atoms with Gasteiger partial charge in [-0.05, 0) is 35.1 Å². The van der Waals surface area contributed by atoms with Gasteiger partial charge < -0.3 is 20.0 Å². The number of anilines is 2. The summed E-state index contributed by atoms with van der Waals surface area (Å²) in [6.45, 7) is 13.5. The lowest BCUT2D eigenvalue weighted by molar-refractivity contribution is 0.445. The van der Waals surface area contributed by atoms with Crippen molar-refractivity contribution in [1.29, 1.82) is 0 Å². The predicted molar refractivity (Wildman–Crippen MR) is 147 cm³/mol. The van der Waals surface area contributed by atoms with E-state index in [0.29, 0.717) is 24.2 Å². The van der Waals surface area contributed by atoms with E-state index in [4.69, 9.17) is 0 Å². The van der Waals surface area contributed by atoms with Crippen molar-refractivity contribution in [2.75, 3.05) is 51.1 Å². The molecule has 34 heavy (non-hydrogen) atoms. The Morgan fingerprint density at radius 3 is 1.24 bits per heavy atom. The number of phenols is 2. The van der Waals surface area contributed by atoms with E-state index < -0.39 is 0 Å². The number of benzene rings is 2. The molecule has 6 nitrogen and oxygen atoms in total. The zero-order valence-electron chi connectivity index (χ0n) is 22.6. The summed E-state index contributed by atoms with van der Waals surface area (Å²) in [5, 5.41) is 21.6. The highest BCUT2D eigenvalue weighted by Gasteiger charge is 2.22. The van der Waals surface area contributed by atoms with Crippen LogP contribution in [0.25, 0.3) is 0 Å². The first-order valence-electron chi connectivity index (χ1n) is 11.7. The Kier molecular flexibility index (Phi) is 8.40. The van der Waals surface area contributed by atoms with Gasteiger partial charge in [-0.3, -0.25) is 9.98 Å². The second-order valence-corrected chi connectivity index (χ2v) is 11.2. The number of hydrogen-bond donors (Lipinski definition) is 2. The van der Waals surface area contributed by atoms with Crippen molar-refractivity contribution in [2.24, 2.45) is 9.98 Å². The van der Waals surface area contributed by atoms with E-state index in [9.17, 15) is 10.2 Å². The molecule has 0 radical (unpaired) electrons. The molecule has 0 saturated heterocycles. The third kappa shape index (κ3) is 6.75. The van der Waals surface area contributed by atoms with Crippen LogP contribution in [0.5, 0.6) is 11.5 Å². The van der Waals surface area contributed by atoms with Crippen LogP contribution >= 0.6 is 0 Å². The van der Waals surface area contributed by atoms with Gasteiger partial charge in [0.05, 0.1) is 13.1 Å². The van der Waals surface area contributed by atoms with Gasteiger partial charge in [-0.2, -0.15) is 0 Å². The molecule has 0 aliphatic rings. The van der Waals surface area contributed by atoms with Crippen LogP contribution in [-0.4, -0.2) is 63.9 Å². The molecule has 0 aliphatic heterocycles. The molecule has 0 bridgehead atoms. The summed E-state index contributed by atoms with van der Waals surface area (Å²) >= 11 is 0. The first kappa shape index (κ1) is 27.2. The Labute approximate surface area is 205 Å². The predicted octanol–water partition coefficient (Wildman–Crippen LogP) is 5.36. The Hall–Kier alpha value is -3.02. The van der Waals surface area contributed by atoms with E-state index >= 15 is 0 Å². The third-order valence-corrected chi connectivity index (χ3v) is 5.72. The summed E-state index contributed by atoms with van der Waals surface area (Å²) in [7, 11) is 7.95. The van der Waals surface area contributed by atoms with E-state index in [2.05, 4.69) is 51.5 Å². The van der Waals surface area contributed by atoms with Crippen LogP contribution in [-0.2, 0) is 10.8 Å². The highest BCUT2D eigenvalue weighted by molar-refractivity contribution is 5.87. The summed E-state index contributed by atoms with van der Waals surface area (Å²) in [4.78, 5) is 13.0. The molecule has 0 unspecified atom stereocenters. The van der Waals surface area contributed by atoms with E-state index in [1.54, 1.807) is 12.4 Å². The largest absolute Gasteiger partial charge is 0.507 e. The Balaban J connectivity index is 2.21. The topological polar surface area (TPSA) is 71.7 Å². The van der Waals surface area contributed by atoms with Crippen molar-refractivity contribution < 1.29 is 10.2 Å². The highest BCUT2D eigenvalue weighted by atomic mass is 16.3. The average molecular weight is 467 g/mol. The molecule has 6 heteroatoms. The molecule has 2 aromatic carbocycles. The Morgan fingerprint density at radius 2 is 0.971 bits per heavy atom. The van der Waals surface area contributed by atoms with Crippen LogP contribution in [0.1, 0.15) is 63.8 Å². The van der Waals surface area contributed by atoms with Crippen LogP contribution in [0.15, 0.2) is 34.3 Å². The molecule has 0 aromatic heterocycles. The minimum atomic E-state index is -0.183. The monoisotopic (exact) mass is 466 g/mol. The smallest absolute Gasteiger partial charge is 0.128 e. The molecule has 0 saturated carbocycles. The van der Waals surface area contributed by atoms with E-state index in [0.717, 1.165) is 22.5 Å². The fourth-order valence-corrected chi connectivity index (χ4v) is 3.58.